The minimum atomic E-state index is -0.0835. The number of nitriles is 1. The molecular formula is C16H19N3O. The van der Waals surface area contributed by atoms with Crippen LogP contribution in [0.2, 0.25) is 0 Å². The Kier molecular flexibility index (Phi) is 3.70. The first-order valence-electron chi connectivity index (χ1n) is 7.24. The van der Waals surface area contributed by atoms with Gasteiger partial charge in [-0.3, -0.25) is 9.69 Å². The van der Waals surface area contributed by atoms with E-state index in [4.69, 9.17) is 0 Å². The van der Waals surface area contributed by atoms with E-state index in [1.807, 2.05) is 35.2 Å². The fraction of sp³-hybridized carbons (Fsp3) is 0.500. The third kappa shape index (κ3) is 2.54. The molecule has 2 atom stereocenters. The highest BCUT2D eigenvalue weighted by Gasteiger charge is 2.35. The lowest BCUT2D eigenvalue weighted by atomic mass is 9.99. The molecule has 4 heteroatoms. The van der Waals surface area contributed by atoms with Crippen LogP contribution in [0.25, 0.3) is 0 Å². The van der Waals surface area contributed by atoms with Crippen molar-refractivity contribution in [3.05, 3.63) is 35.9 Å². The van der Waals surface area contributed by atoms with Crippen LogP contribution in [0.3, 0.4) is 0 Å². The van der Waals surface area contributed by atoms with E-state index in [1.54, 1.807) is 0 Å². The zero-order chi connectivity index (χ0) is 13.9. The fourth-order valence-electron chi connectivity index (χ4n) is 3.26. The molecule has 104 valence electrons. The van der Waals surface area contributed by atoms with Gasteiger partial charge in [-0.25, -0.2) is 0 Å². The van der Waals surface area contributed by atoms with Gasteiger partial charge in [0.15, 0.2) is 0 Å². The lowest BCUT2D eigenvalue weighted by Crippen LogP contribution is -2.52. The number of hydrogen-bond donors (Lipinski definition) is 0. The van der Waals surface area contributed by atoms with Crippen LogP contribution in [0.5, 0.6) is 0 Å². The van der Waals surface area contributed by atoms with Gasteiger partial charge in [0, 0.05) is 38.6 Å². The summed E-state index contributed by atoms with van der Waals surface area (Å²) in [5.41, 5.74) is 1.08. The Balaban J connectivity index is 1.64. The highest BCUT2D eigenvalue weighted by atomic mass is 16.2. The number of benzene rings is 1. The maximum Gasteiger partial charge on any atom is 0.222 e. The van der Waals surface area contributed by atoms with Crippen molar-refractivity contribution in [3.63, 3.8) is 0 Å². The lowest BCUT2D eigenvalue weighted by molar-refractivity contribution is -0.130. The number of amides is 1. The van der Waals surface area contributed by atoms with Crippen LogP contribution in [0, 0.1) is 11.3 Å². The molecule has 2 aliphatic rings. The molecule has 0 bridgehead atoms. The average Bonchev–Trinajstić information content (AvgIpc) is 2.86. The van der Waals surface area contributed by atoms with E-state index in [-0.39, 0.29) is 5.92 Å². The van der Waals surface area contributed by atoms with Gasteiger partial charge < -0.3 is 4.90 Å². The van der Waals surface area contributed by atoms with Crippen molar-refractivity contribution in [2.45, 2.75) is 24.8 Å². The summed E-state index contributed by atoms with van der Waals surface area (Å²) in [5.74, 6) is 0.217. The molecule has 0 aromatic heterocycles. The van der Waals surface area contributed by atoms with Crippen molar-refractivity contribution in [2.24, 2.45) is 0 Å². The number of nitrogens with zero attached hydrogens (tertiary/aromatic N) is 3. The summed E-state index contributed by atoms with van der Waals surface area (Å²) in [6, 6.07) is 12.7. The van der Waals surface area contributed by atoms with Crippen LogP contribution in [0.4, 0.5) is 0 Å². The van der Waals surface area contributed by atoms with E-state index in [9.17, 15) is 10.1 Å². The number of carbonyl (C=O) groups is 1. The second kappa shape index (κ2) is 5.64. The maximum absolute atomic E-state index is 11.7. The monoisotopic (exact) mass is 269 g/mol. The largest absolute Gasteiger partial charge is 0.337 e. The quantitative estimate of drug-likeness (QED) is 0.837. The second-order valence-corrected chi connectivity index (χ2v) is 5.63. The minimum absolute atomic E-state index is 0.0835. The summed E-state index contributed by atoms with van der Waals surface area (Å²) in [4.78, 5) is 16.0. The zero-order valence-electron chi connectivity index (χ0n) is 11.5. The summed E-state index contributed by atoms with van der Waals surface area (Å²) in [7, 11) is 0. The highest BCUT2D eigenvalue weighted by molar-refractivity contribution is 5.78. The van der Waals surface area contributed by atoms with Crippen LogP contribution in [0.1, 0.15) is 24.3 Å². The Morgan fingerprint density at radius 2 is 2.10 bits per heavy atom. The summed E-state index contributed by atoms with van der Waals surface area (Å²) in [6.07, 6.45) is 1.66. The summed E-state index contributed by atoms with van der Waals surface area (Å²) in [6.45, 7) is 3.37. The molecule has 2 aliphatic heterocycles. The van der Waals surface area contributed by atoms with Crippen LogP contribution < -0.4 is 0 Å². The second-order valence-electron chi connectivity index (χ2n) is 5.63. The predicted molar refractivity (Wildman–Crippen MR) is 76.0 cm³/mol. The SMILES string of the molecule is N#CC(CN1CCN2C(=O)CCC2C1)c1ccccc1. The zero-order valence-corrected chi connectivity index (χ0v) is 11.5. The molecule has 20 heavy (non-hydrogen) atoms. The number of piperazine rings is 1. The van der Waals surface area contributed by atoms with E-state index in [0.29, 0.717) is 18.4 Å². The molecule has 0 aliphatic carbocycles. The fourth-order valence-corrected chi connectivity index (χ4v) is 3.26. The minimum Gasteiger partial charge on any atom is -0.337 e. The predicted octanol–water partition coefficient (Wildman–Crippen LogP) is 1.60. The van der Waals surface area contributed by atoms with E-state index < -0.39 is 0 Å². The molecule has 0 spiro atoms. The van der Waals surface area contributed by atoms with Crippen LogP contribution >= 0.6 is 0 Å². The Morgan fingerprint density at radius 3 is 2.85 bits per heavy atom. The third-order valence-corrected chi connectivity index (χ3v) is 4.38. The van der Waals surface area contributed by atoms with Gasteiger partial charge in [0.1, 0.15) is 0 Å². The molecule has 0 radical (unpaired) electrons. The normalized spacial score (nSPS) is 24.2. The van der Waals surface area contributed by atoms with Gasteiger partial charge in [-0.2, -0.15) is 5.26 Å². The van der Waals surface area contributed by atoms with Gasteiger partial charge in [0.2, 0.25) is 5.91 Å². The van der Waals surface area contributed by atoms with Crippen molar-refractivity contribution in [1.82, 2.24) is 9.80 Å². The lowest BCUT2D eigenvalue weighted by Gasteiger charge is -2.38. The average molecular weight is 269 g/mol. The number of hydrogen-bond acceptors (Lipinski definition) is 3. The Morgan fingerprint density at radius 1 is 1.30 bits per heavy atom. The molecule has 2 fully saturated rings. The Bertz CT molecular complexity index is 522. The molecular weight excluding hydrogens is 250 g/mol. The first-order chi connectivity index (χ1) is 9.78. The topological polar surface area (TPSA) is 47.3 Å². The van der Waals surface area contributed by atoms with Crippen molar-refractivity contribution >= 4 is 5.91 Å². The standard InChI is InChI=1S/C16H19N3O/c17-10-14(13-4-2-1-3-5-13)11-18-8-9-19-15(12-18)6-7-16(19)20/h1-5,14-15H,6-9,11-12H2. The molecule has 1 amide bonds. The first-order valence-corrected chi connectivity index (χ1v) is 7.24. The van der Waals surface area contributed by atoms with E-state index in [1.165, 1.54) is 0 Å². The number of rotatable bonds is 3. The maximum atomic E-state index is 11.7. The molecule has 1 aromatic carbocycles. The molecule has 0 saturated carbocycles. The van der Waals surface area contributed by atoms with Crippen LogP contribution in [-0.2, 0) is 4.79 Å². The molecule has 2 unspecified atom stereocenters. The van der Waals surface area contributed by atoms with Gasteiger partial charge >= 0.3 is 0 Å². The Labute approximate surface area is 119 Å². The molecule has 0 N–H and O–H groups in total. The smallest absolute Gasteiger partial charge is 0.222 e. The molecule has 3 rings (SSSR count). The number of fused-ring (bicyclic) bond motifs is 1. The van der Waals surface area contributed by atoms with Gasteiger partial charge in [-0.1, -0.05) is 30.3 Å². The Hall–Kier alpha value is -1.86. The van der Waals surface area contributed by atoms with Gasteiger partial charge in [-0.15, -0.1) is 0 Å². The van der Waals surface area contributed by atoms with Crippen molar-refractivity contribution in [2.75, 3.05) is 26.2 Å². The van der Waals surface area contributed by atoms with Crippen LogP contribution in [0.15, 0.2) is 30.3 Å². The van der Waals surface area contributed by atoms with Crippen molar-refractivity contribution < 1.29 is 4.79 Å². The molecule has 1 aromatic rings. The van der Waals surface area contributed by atoms with Crippen LogP contribution in [-0.4, -0.2) is 47.9 Å². The van der Waals surface area contributed by atoms with E-state index in [2.05, 4.69) is 11.0 Å². The summed E-state index contributed by atoms with van der Waals surface area (Å²) < 4.78 is 0. The molecule has 2 saturated heterocycles. The van der Waals surface area contributed by atoms with E-state index >= 15 is 0 Å². The van der Waals surface area contributed by atoms with Gasteiger partial charge in [-0.05, 0) is 12.0 Å². The molecule has 4 nitrogen and oxygen atoms in total. The first kappa shape index (κ1) is 13.1. The van der Waals surface area contributed by atoms with Gasteiger partial charge in [0.25, 0.3) is 0 Å². The molecule has 2 heterocycles. The number of carbonyl (C=O) groups excluding carboxylic acids is 1. The summed E-state index contributed by atoms with van der Waals surface area (Å²) in [5, 5.41) is 9.40. The van der Waals surface area contributed by atoms with E-state index in [0.717, 1.165) is 38.2 Å². The van der Waals surface area contributed by atoms with Gasteiger partial charge in [0.05, 0.1) is 12.0 Å². The highest BCUT2D eigenvalue weighted by Crippen LogP contribution is 2.24. The van der Waals surface area contributed by atoms with Crippen molar-refractivity contribution in [3.8, 4) is 6.07 Å². The third-order valence-electron chi connectivity index (χ3n) is 4.38. The summed E-state index contributed by atoms with van der Waals surface area (Å²) >= 11 is 0. The van der Waals surface area contributed by atoms with Crippen molar-refractivity contribution in [1.29, 1.82) is 5.26 Å².